The molecule has 0 radical (unpaired) electrons. The normalized spacial score (nSPS) is 18.3. The highest BCUT2D eigenvalue weighted by Crippen LogP contribution is 2.40. The van der Waals surface area contributed by atoms with E-state index in [-0.39, 0.29) is 18.2 Å². The lowest BCUT2D eigenvalue weighted by molar-refractivity contribution is -0.117. The second-order valence-corrected chi connectivity index (χ2v) is 11.3. The fourth-order valence-corrected chi connectivity index (χ4v) is 6.48. The van der Waals surface area contributed by atoms with Gasteiger partial charge in [0.25, 0.3) is 0 Å². The number of fused-ring (bicyclic) bond motifs is 1. The van der Waals surface area contributed by atoms with Crippen molar-refractivity contribution in [1.82, 2.24) is 0 Å². The van der Waals surface area contributed by atoms with Gasteiger partial charge >= 0.3 is 6.09 Å². The van der Waals surface area contributed by atoms with E-state index in [0.717, 1.165) is 17.7 Å². The van der Waals surface area contributed by atoms with E-state index in [0.29, 0.717) is 41.7 Å². The molecule has 8 nitrogen and oxygen atoms in total. The van der Waals surface area contributed by atoms with Crippen molar-refractivity contribution in [3.63, 3.8) is 0 Å². The SMILES string of the molecule is CC(=O)N1c2ccc(-c3ccc(N4CCCS4(=O)=O)cc3)cc2N(C(=O)Oc2ccc(F)cc2F)C[C@@H]1C. The molecule has 198 valence electrons. The van der Waals surface area contributed by atoms with Gasteiger partial charge in [-0.25, -0.2) is 22.0 Å². The largest absolute Gasteiger partial charge is 0.419 e. The summed E-state index contributed by atoms with van der Waals surface area (Å²) in [6.07, 6.45) is -0.299. The van der Waals surface area contributed by atoms with Crippen LogP contribution in [0.1, 0.15) is 20.3 Å². The summed E-state index contributed by atoms with van der Waals surface area (Å²) in [5.41, 5.74) is 2.92. The van der Waals surface area contributed by atoms with Gasteiger partial charge in [0.15, 0.2) is 11.6 Å². The second-order valence-electron chi connectivity index (χ2n) is 9.28. The molecule has 0 spiro atoms. The number of hydrogen-bond acceptors (Lipinski definition) is 5. The number of carbonyl (C=O) groups excluding carboxylic acids is 2. The Morgan fingerprint density at radius 2 is 1.66 bits per heavy atom. The van der Waals surface area contributed by atoms with E-state index in [2.05, 4.69) is 0 Å². The van der Waals surface area contributed by atoms with E-state index in [1.165, 1.54) is 16.1 Å². The van der Waals surface area contributed by atoms with E-state index in [1.54, 1.807) is 54.3 Å². The van der Waals surface area contributed by atoms with Crippen LogP contribution in [0.2, 0.25) is 0 Å². The van der Waals surface area contributed by atoms with Gasteiger partial charge in [-0.3, -0.25) is 14.0 Å². The predicted molar refractivity (Wildman–Crippen MR) is 140 cm³/mol. The standard InChI is InChI=1S/C27H25F2N3O5S/c1-17-16-30(27(34)37-26-11-7-21(28)15-23(26)29)25-14-20(6-10-24(25)32(17)18(2)33)19-4-8-22(9-5-19)31-12-3-13-38(31,35)36/h4-11,14-15,17H,3,12-13,16H2,1-2H3/t17-/m0/s1. The number of hydrogen-bond donors (Lipinski definition) is 0. The Labute approximate surface area is 219 Å². The highest BCUT2D eigenvalue weighted by atomic mass is 32.2. The van der Waals surface area contributed by atoms with Gasteiger partial charge in [0.2, 0.25) is 15.9 Å². The Hall–Kier alpha value is -3.99. The molecule has 0 N–H and O–H groups in total. The third kappa shape index (κ3) is 4.69. The van der Waals surface area contributed by atoms with Crippen LogP contribution in [0.3, 0.4) is 0 Å². The highest BCUT2D eigenvalue weighted by molar-refractivity contribution is 7.93. The number of benzene rings is 3. The van der Waals surface area contributed by atoms with Crippen molar-refractivity contribution in [2.24, 2.45) is 0 Å². The third-order valence-corrected chi connectivity index (χ3v) is 8.52. The van der Waals surface area contributed by atoms with Crippen LogP contribution >= 0.6 is 0 Å². The summed E-state index contributed by atoms with van der Waals surface area (Å²) in [7, 11) is -3.31. The van der Waals surface area contributed by atoms with Crippen molar-refractivity contribution in [3.8, 4) is 16.9 Å². The Balaban J connectivity index is 1.50. The summed E-state index contributed by atoms with van der Waals surface area (Å²) in [5, 5.41) is 0. The van der Waals surface area contributed by atoms with Gasteiger partial charge in [0, 0.05) is 26.1 Å². The van der Waals surface area contributed by atoms with Crippen LogP contribution in [0.25, 0.3) is 11.1 Å². The minimum Gasteiger partial charge on any atom is -0.407 e. The first-order valence-corrected chi connectivity index (χ1v) is 13.6. The molecule has 3 aromatic carbocycles. The van der Waals surface area contributed by atoms with Gasteiger partial charge < -0.3 is 9.64 Å². The number of ether oxygens (including phenoxy) is 1. The molecule has 0 bridgehead atoms. The molecule has 0 saturated carbocycles. The lowest BCUT2D eigenvalue weighted by Crippen LogP contribution is -2.52. The van der Waals surface area contributed by atoms with Crippen molar-refractivity contribution in [3.05, 3.63) is 72.3 Å². The molecule has 2 aliphatic rings. The first-order valence-electron chi connectivity index (χ1n) is 12.0. The first kappa shape index (κ1) is 25.7. The third-order valence-electron chi connectivity index (χ3n) is 6.65. The fourth-order valence-electron chi connectivity index (χ4n) is 4.91. The van der Waals surface area contributed by atoms with E-state index >= 15 is 0 Å². The molecule has 1 saturated heterocycles. The molecule has 0 aromatic heterocycles. The monoisotopic (exact) mass is 541 g/mol. The molecule has 2 aliphatic heterocycles. The maximum Gasteiger partial charge on any atom is 0.419 e. The summed E-state index contributed by atoms with van der Waals surface area (Å²) in [5.74, 6) is -2.31. The molecule has 38 heavy (non-hydrogen) atoms. The maximum atomic E-state index is 14.2. The molecule has 3 aromatic rings. The zero-order valence-corrected chi connectivity index (χ0v) is 21.5. The van der Waals surface area contributed by atoms with Gasteiger partial charge in [0.05, 0.1) is 28.9 Å². The van der Waals surface area contributed by atoms with Crippen molar-refractivity contribution in [1.29, 1.82) is 0 Å². The minimum atomic E-state index is -3.31. The Kier molecular flexibility index (Phi) is 6.56. The highest BCUT2D eigenvalue weighted by Gasteiger charge is 2.35. The van der Waals surface area contributed by atoms with Crippen LogP contribution in [0.15, 0.2) is 60.7 Å². The van der Waals surface area contributed by atoms with Crippen LogP contribution in [-0.2, 0) is 14.8 Å². The first-order chi connectivity index (χ1) is 18.0. The lowest BCUT2D eigenvalue weighted by atomic mass is 10.0. The van der Waals surface area contributed by atoms with Crippen molar-refractivity contribution >= 4 is 39.1 Å². The molecule has 0 aliphatic carbocycles. The number of nitrogens with zero attached hydrogens (tertiary/aromatic N) is 3. The molecule has 2 amide bonds. The fraction of sp³-hybridized carbons (Fsp3) is 0.259. The molecule has 5 rings (SSSR count). The van der Waals surface area contributed by atoms with Crippen LogP contribution < -0.4 is 18.8 Å². The van der Waals surface area contributed by atoms with Crippen LogP contribution in [0.5, 0.6) is 5.75 Å². The molecular formula is C27H25F2N3O5S. The van der Waals surface area contributed by atoms with Crippen LogP contribution in [0.4, 0.5) is 30.6 Å². The summed E-state index contributed by atoms with van der Waals surface area (Å²) in [6, 6.07) is 14.5. The average Bonchev–Trinajstić information content (AvgIpc) is 3.23. The number of rotatable bonds is 3. The van der Waals surface area contributed by atoms with E-state index in [4.69, 9.17) is 4.74 Å². The second kappa shape index (κ2) is 9.71. The van der Waals surface area contributed by atoms with Crippen molar-refractivity contribution < 1.29 is 31.5 Å². The van der Waals surface area contributed by atoms with E-state index in [1.807, 2.05) is 0 Å². The van der Waals surface area contributed by atoms with E-state index < -0.39 is 39.5 Å². The van der Waals surface area contributed by atoms with Crippen molar-refractivity contribution in [2.45, 2.75) is 26.3 Å². The van der Waals surface area contributed by atoms with Gasteiger partial charge in [0.1, 0.15) is 5.82 Å². The molecule has 1 fully saturated rings. The quantitative estimate of drug-likeness (QED) is 0.469. The van der Waals surface area contributed by atoms with Gasteiger partial charge in [-0.2, -0.15) is 0 Å². The number of anilines is 3. The molecule has 1 atom stereocenters. The number of halogens is 2. The van der Waals surface area contributed by atoms with E-state index in [9.17, 15) is 26.8 Å². The summed E-state index contributed by atoms with van der Waals surface area (Å²) >= 11 is 0. The van der Waals surface area contributed by atoms with Gasteiger partial charge in [-0.05, 0) is 60.9 Å². The van der Waals surface area contributed by atoms with Crippen molar-refractivity contribution in [2.75, 3.05) is 32.9 Å². The predicted octanol–water partition coefficient (Wildman–Crippen LogP) is 4.93. The molecule has 2 heterocycles. The smallest absolute Gasteiger partial charge is 0.407 e. The number of amides is 2. The molecule has 0 unspecified atom stereocenters. The van der Waals surface area contributed by atoms with Gasteiger partial charge in [-0.15, -0.1) is 0 Å². The minimum absolute atomic E-state index is 0.0867. The van der Waals surface area contributed by atoms with Crippen LogP contribution in [-0.4, -0.2) is 45.3 Å². The zero-order chi connectivity index (χ0) is 27.2. The zero-order valence-electron chi connectivity index (χ0n) is 20.7. The maximum absolute atomic E-state index is 14.2. The topological polar surface area (TPSA) is 87.2 Å². The van der Waals surface area contributed by atoms with Gasteiger partial charge in [-0.1, -0.05) is 18.2 Å². The summed E-state index contributed by atoms with van der Waals surface area (Å²) in [6.45, 7) is 3.73. The summed E-state index contributed by atoms with van der Waals surface area (Å²) in [4.78, 5) is 28.5. The molecular weight excluding hydrogens is 516 g/mol. The average molecular weight is 542 g/mol. The number of carbonyl (C=O) groups is 2. The van der Waals surface area contributed by atoms with Crippen LogP contribution in [0, 0.1) is 11.6 Å². The Morgan fingerprint density at radius 3 is 2.29 bits per heavy atom. The Bertz CT molecular complexity index is 1530. The summed E-state index contributed by atoms with van der Waals surface area (Å²) < 4.78 is 58.6. The molecule has 11 heteroatoms. The Morgan fingerprint density at radius 1 is 0.947 bits per heavy atom. The lowest BCUT2D eigenvalue weighted by Gasteiger charge is -2.40. The number of sulfonamides is 1.